The van der Waals surface area contributed by atoms with Gasteiger partial charge in [-0.1, -0.05) is 19.8 Å². The van der Waals surface area contributed by atoms with E-state index in [1.165, 1.54) is 0 Å². The second-order valence-corrected chi connectivity index (χ2v) is 6.02. The van der Waals surface area contributed by atoms with Crippen LogP contribution in [-0.2, 0) is 0 Å². The Morgan fingerprint density at radius 2 is 2.12 bits per heavy atom. The minimum Gasteiger partial charge on any atom is -0.396 e. The van der Waals surface area contributed by atoms with Gasteiger partial charge < -0.3 is 15.7 Å². The number of urea groups is 1. The van der Waals surface area contributed by atoms with Gasteiger partial charge in [-0.25, -0.2) is 4.79 Å². The summed E-state index contributed by atoms with van der Waals surface area (Å²) < 4.78 is 0. The molecule has 1 aliphatic rings. The molecule has 0 spiro atoms. The van der Waals surface area contributed by atoms with E-state index < -0.39 is 0 Å². The number of hydrogen-bond acceptors (Lipinski definition) is 3. The maximum absolute atomic E-state index is 11.3. The summed E-state index contributed by atoms with van der Waals surface area (Å²) in [6.45, 7) is 4.49. The minimum atomic E-state index is -0.0421. The van der Waals surface area contributed by atoms with Crippen molar-refractivity contribution >= 4 is 17.8 Å². The second-order valence-electron chi connectivity index (χ2n) is 4.50. The van der Waals surface area contributed by atoms with Gasteiger partial charge in [-0.05, 0) is 25.5 Å². The summed E-state index contributed by atoms with van der Waals surface area (Å²) in [5, 5.41) is 15.1. The third kappa shape index (κ3) is 4.76. The van der Waals surface area contributed by atoms with Crippen LogP contribution in [0.3, 0.4) is 0 Å². The van der Waals surface area contributed by atoms with Crippen LogP contribution in [0.25, 0.3) is 0 Å². The molecule has 0 bridgehead atoms. The number of aliphatic hydroxyl groups excluding tert-OH is 1. The third-order valence-electron chi connectivity index (χ3n) is 3.12. The Hall–Kier alpha value is -0.420. The standard InChI is InChI=1S/C12H24N2O2S/c1-3-17-10(7-5-4-6-8-15)11-9(2)13-12(16)14-11/h9-11,15H,3-8H2,1-2H3,(H2,13,14,16). The lowest BCUT2D eigenvalue weighted by Crippen LogP contribution is -2.40. The highest BCUT2D eigenvalue weighted by molar-refractivity contribution is 7.99. The van der Waals surface area contributed by atoms with Crippen molar-refractivity contribution in [3.63, 3.8) is 0 Å². The quantitative estimate of drug-likeness (QED) is 0.582. The number of nitrogens with one attached hydrogen (secondary N) is 2. The average molecular weight is 260 g/mol. The lowest BCUT2D eigenvalue weighted by Gasteiger charge is -2.25. The fraction of sp³-hybridized carbons (Fsp3) is 0.917. The molecule has 0 aromatic carbocycles. The van der Waals surface area contributed by atoms with E-state index in [-0.39, 0.29) is 24.7 Å². The fourth-order valence-electron chi connectivity index (χ4n) is 2.24. The molecule has 3 atom stereocenters. The molecule has 3 unspecified atom stereocenters. The first-order valence-corrected chi connectivity index (χ1v) is 7.53. The molecule has 1 heterocycles. The van der Waals surface area contributed by atoms with E-state index in [1.807, 2.05) is 11.8 Å². The van der Waals surface area contributed by atoms with Gasteiger partial charge in [0.2, 0.25) is 0 Å². The minimum absolute atomic E-state index is 0.0421. The Balaban J connectivity index is 2.38. The van der Waals surface area contributed by atoms with Crippen LogP contribution in [0.1, 0.15) is 39.5 Å². The van der Waals surface area contributed by atoms with Crippen LogP contribution >= 0.6 is 11.8 Å². The van der Waals surface area contributed by atoms with Gasteiger partial charge in [-0.15, -0.1) is 0 Å². The molecular formula is C12H24N2O2S. The summed E-state index contributed by atoms with van der Waals surface area (Å²) in [7, 11) is 0. The second kappa shape index (κ2) is 7.82. The first-order valence-electron chi connectivity index (χ1n) is 6.48. The van der Waals surface area contributed by atoms with Crippen LogP contribution in [-0.4, -0.2) is 40.8 Å². The highest BCUT2D eigenvalue weighted by Crippen LogP contribution is 2.24. The van der Waals surface area contributed by atoms with E-state index in [4.69, 9.17) is 5.11 Å². The largest absolute Gasteiger partial charge is 0.396 e. The number of amides is 2. The number of carbonyl (C=O) groups excluding carboxylic acids is 1. The van der Waals surface area contributed by atoms with Crippen molar-refractivity contribution in [1.29, 1.82) is 0 Å². The van der Waals surface area contributed by atoms with E-state index in [2.05, 4.69) is 24.5 Å². The number of aliphatic hydroxyl groups is 1. The summed E-state index contributed by atoms with van der Waals surface area (Å²) in [6.07, 6.45) is 4.18. The zero-order valence-corrected chi connectivity index (χ0v) is 11.6. The molecule has 0 radical (unpaired) electrons. The van der Waals surface area contributed by atoms with E-state index in [9.17, 15) is 4.79 Å². The van der Waals surface area contributed by atoms with E-state index in [0.29, 0.717) is 5.25 Å². The molecule has 0 aliphatic carbocycles. The number of rotatable bonds is 8. The average Bonchev–Trinajstić information content (AvgIpc) is 2.62. The van der Waals surface area contributed by atoms with Gasteiger partial charge in [0.05, 0.1) is 6.04 Å². The van der Waals surface area contributed by atoms with Gasteiger partial charge in [-0.2, -0.15) is 11.8 Å². The molecule has 1 saturated heterocycles. The first-order chi connectivity index (χ1) is 8.19. The highest BCUT2D eigenvalue weighted by atomic mass is 32.2. The molecule has 100 valence electrons. The van der Waals surface area contributed by atoms with Crippen molar-refractivity contribution in [2.75, 3.05) is 12.4 Å². The summed E-state index contributed by atoms with van der Waals surface area (Å²) in [4.78, 5) is 11.3. The van der Waals surface area contributed by atoms with E-state index in [0.717, 1.165) is 31.4 Å². The van der Waals surface area contributed by atoms with Crippen LogP contribution in [0.15, 0.2) is 0 Å². The van der Waals surface area contributed by atoms with E-state index >= 15 is 0 Å². The molecule has 3 N–H and O–H groups in total. The lowest BCUT2D eigenvalue weighted by molar-refractivity contribution is 0.247. The molecule has 1 fully saturated rings. The summed E-state index contributed by atoms with van der Waals surface area (Å²) >= 11 is 1.92. The van der Waals surface area contributed by atoms with Crippen molar-refractivity contribution in [3.05, 3.63) is 0 Å². The molecule has 5 heteroatoms. The molecule has 0 aromatic heterocycles. The first kappa shape index (κ1) is 14.6. The SMILES string of the molecule is CCSC(CCCCCO)C1NC(=O)NC1C. The molecule has 2 amide bonds. The zero-order valence-electron chi connectivity index (χ0n) is 10.7. The molecule has 4 nitrogen and oxygen atoms in total. The summed E-state index contributed by atoms with van der Waals surface area (Å²) in [5.74, 6) is 1.07. The van der Waals surface area contributed by atoms with Gasteiger partial charge in [0, 0.05) is 17.9 Å². The Labute approximate surface area is 108 Å². The predicted octanol–water partition coefficient (Wildman–Crippen LogP) is 1.73. The predicted molar refractivity (Wildman–Crippen MR) is 72.4 cm³/mol. The Morgan fingerprint density at radius 3 is 2.65 bits per heavy atom. The van der Waals surface area contributed by atoms with Crippen molar-refractivity contribution in [2.45, 2.75) is 56.9 Å². The summed E-state index contributed by atoms with van der Waals surface area (Å²) in [5.41, 5.74) is 0. The molecular weight excluding hydrogens is 236 g/mol. The molecule has 1 rings (SSSR count). The smallest absolute Gasteiger partial charge is 0.315 e. The van der Waals surface area contributed by atoms with Crippen molar-refractivity contribution in [1.82, 2.24) is 10.6 Å². The Bertz CT molecular complexity index is 239. The van der Waals surface area contributed by atoms with Gasteiger partial charge in [0.1, 0.15) is 0 Å². The van der Waals surface area contributed by atoms with Crippen LogP contribution in [0.5, 0.6) is 0 Å². The fourth-order valence-corrected chi connectivity index (χ4v) is 3.52. The maximum atomic E-state index is 11.3. The number of carbonyl (C=O) groups is 1. The van der Waals surface area contributed by atoms with Crippen molar-refractivity contribution in [2.24, 2.45) is 0 Å². The number of hydrogen-bond donors (Lipinski definition) is 3. The van der Waals surface area contributed by atoms with Gasteiger partial charge in [0.15, 0.2) is 0 Å². The van der Waals surface area contributed by atoms with Crippen LogP contribution in [0, 0.1) is 0 Å². The van der Waals surface area contributed by atoms with E-state index in [1.54, 1.807) is 0 Å². The Kier molecular flexibility index (Phi) is 6.73. The van der Waals surface area contributed by atoms with Crippen molar-refractivity contribution < 1.29 is 9.90 Å². The maximum Gasteiger partial charge on any atom is 0.315 e. The van der Waals surface area contributed by atoms with Crippen LogP contribution in [0.2, 0.25) is 0 Å². The Morgan fingerprint density at radius 1 is 1.35 bits per heavy atom. The number of unbranched alkanes of at least 4 members (excludes halogenated alkanes) is 2. The van der Waals surface area contributed by atoms with Crippen LogP contribution < -0.4 is 10.6 Å². The molecule has 17 heavy (non-hydrogen) atoms. The van der Waals surface area contributed by atoms with Gasteiger partial charge >= 0.3 is 6.03 Å². The number of thioether (sulfide) groups is 1. The molecule has 0 saturated carbocycles. The van der Waals surface area contributed by atoms with Gasteiger partial charge in [-0.3, -0.25) is 0 Å². The molecule has 1 aliphatic heterocycles. The van der Waals surface area contributed by atoms with Crippen LogP contribution in [0.4, 0.5) is 4.79 Å². The zero-order chi connectivity index (χ0) is 12.7. The topological polar surface area (TPSA) is 61.4 Å². The summed E-state index contributed by atoms with van der Waals surface area (Å²) in [6, 6.07) is 0.408. The van der Waals surface area contributed by atoms with Crippen molar-refractivity contribution in [3.8, 4) is 0 Å². The molecule has 0 aromatic rings. The lowest BCUT2D eigenvalue weighted by atomic mass is 10.0. The highest BCUT2D eigenvalue weighted by Gasteiger charge is 2.33. The third-order valence-corrected chi connectivity index (χ3v) is 4.41. The van der Waals surface area contributed by atoms with Gasteiger partial charge in [0.25, 0.3) is 0 Å². The monoisotopic (exact) mass is 260 g/mol. The normalized spacial score (nSPS) is 25.5.